The van der Waals surface area contributed by atoms with Gasteiger partial charge in [0.2, 0.25) is 0 Å². The number of carbonyl (C=O) groups is 1. The standard InChI is InChI=1S/C14H13BrN2O2/c1-10-2-4-11(5-3-10)9-17-13(6-7-14(18)19)12(15)8-16-17/h2-8H,9H2,1H3,(H,18,19)/b7-6+. The smallest absolute Gasteiger partial charge is 0.328 e. The first-order chi connectivity index (χ1) is 9.06. The van der Waals surface area contributed by atoms with Crippen LogP contribution in [0.2, 0.25) is 0 Å². The third kappa shape index (κ3) is 3.54. The number of hydrogen-bond donors (Lipinski definition) is 1. The van der Waals surface area contributed by atoms with E-state index in [2.05, 4.69) is 21.0 Å². The van der Waals surface area contributed by atoms with Crippen LogP contribution in [0.1, 0.15) is 16.8 Å². The maximum Gasteiger partial charge on any atom is 0.328 e. The van der Waals surface area contributed by atoms with Crippen LogP contribution >= 0.6 is 15.9 Å². The zero-order chi connectivity index (χ0) is 13.8. The number of carboxylic acids is 1. The minimum Gasteiger partial charge on any atom is -0.478 e. The van der Waals surface area contributed by atoms with Crippen LogP contribution in [0.3, 0.4) is 0 Å². The summed E-state index contributed by atoms with van der Waals surface area (Å²) in [5.41, 5.74) is 3.06. The number of aryl methyl sites for hydroxylation is 1. The summed E-state index contributed by atoms with van der Waals surface area (Å²) in [5.74, 6) is -0.977. The van der Waals surface area contributed by atoms with E-state index in [1.54, 1.807) is 10.9 Å². The van der Waals surface area contributed by atoms with Crippen molar-refractivity contribution in [2.45, 2.75) is 13.5 Å². The van der Waals surface area contributed by atoms with E-state index in [0.717, 1.165) is 21.8 Å². The van der Waals surface area contributed by atoms with Gasteiger partial charge >= 0.3 is 5.97 Å². The Labute approximate surface area is 119 Å². The number of halogens is 1. The predicted molar refractivity (Wildman–Crippen MR) is 76.9 cm³/mol. The molecule has 1 aromatic carbocycles. The summed E-state index contributed by atoms with van der Waals surface area (Å²) in [6.07, 6.45) is 4.30. The molecule has 0 unspecified atom stereocenters. The highest BCUT2D eigenvalue weighted by molar-refractivity contribution is 9.10. The van der Waals surface area contributed by atoms with Crippen molar-refractivity contribution >= 4 is 28.0 Å². The van der Waals surface area contributed by atoms with Crippen LogP contribution in [0, 0.1) is 6.92 Å². The van der Waals surface area contributed by atoms with Gasteiger partial charge in [-0.2, -0.15) is 5.10 Å². The van der Waals surface area contributed by atoms with Crippen molar-refractivity contribution in [1.29, 1.82) is 0 Å². The van der Waals surface area contributed by atoms with Gasteiger partial charge in [0.25, 0.3) is 0 Å². The minimum absolute atomic E-state index is 0.602. The summed E-state index contributed by atoms with van der Waals surface area (Å²) in [4.78, 5) is 10.6. The van der Waals surface area contributed by atoms with Crippen molar-refractivity contribution in [2.24, 2.45) is 0 Å². The van der Waals surface area contributed by atoms with E-state index >= 15 is 0 Å². The fraction of sp³-hybridized carbons (Fsp3) is 0.143. The van der Waals surface area contributed by atoms with E-state index in [9.17, 15) is 4.79 Å². The predicted octanol–water partition coefficient (Wildman–Crippen LogP) is 3.10. The first-order valence-corrected chi connectivity index (χ1v) is 6.53. The highest BCUT2D eigenvalue weighted by atomic mass is 79.9. The molecule has 98 valence electrons. The van der Waals surface area contributed by atoms with Crippen molar-refractivity contribution < 1.29 is 9.90 Å². The average molecular weight is 321 g/mol. The minimum atomic E-state index is -0.977. The normalized spacial score (nSPS) is 11.1. The van der Waals surface area contributed by atoms with Crippen molar-refractivity contribution in [3.63, 3.8) is 0 Å². The fourth-order valence-corrected chi connectivity index (χ4v) is 2.11. The Balaban J connectivity index is 2.25. The van der Waals surface area contributed by atoms with E-state index in [4.69, 9.17) is 5.11 Å². The Morgan fingerprint density at radius 2 is 2.11 bits per heavy atom. The molecule has 0 radical (unpaired) electrons. The molecular formula is C14H13BrN2O2. The lowest BCUT2D eigenvalue weighted by Crippen LogP contribution is -2.04. The zero-order valence-corrected chi connectivity index (χ0v) is 12.0. The van der Waals surface area contributed by atoms with Gasteiger partial charge in [-0.25, -0.2) is 4.79 Å². The molecule has 0 saturated carbocycles. The monoisotopic (exact) mass is 320 g/mol. The van der Waals surface area contributed by atoms with Gasteiger partial charge in [-0.05, 0) is 34.5 Å². The molecule has 2 rings (SSSR count). The van der Waals surface area contributed by atoms with Gasteiger partial charge in [0.1, 0.15) is 0 Å². The molecule has 0 saturated heterocycles. The molecule has 0 spiro atoms. The van der Waals surface area contributed by atoms with E-state index in [1.807, 2.05) is 31.2 Å². The Bertz CT molecular complexity index is 615. The van der Waals surface area contributed by atoms with Crippen LogP contribution in [0.5, 0.6) is 0 Å². The van der Waals surface area contributed by atoms with E-state index in [1.165, 1.54) is 11.6 Å². The van der Waals surface area contributed by atoms with Gasteiger partial charge in [-0.15, -0.1) is 0 Å². The van der Waals surface area contributed by atoms with E-state index in [0.29, 0.717) is 6.54 Å². The van der Waals surface area contributed by atoms with Crippen LogP contribution in [0.4, 0.5) is 0 Å². The molecule has 0 amide bonds. The molecular weight excluding hydrogens is 308 g/mol. The first kappa shape index (κ1) is 13.5. The molecule has 0 aliphatic heterocycles. The third-order valence-corrected chi connectivity index (χ3v) is 3.28. The summed E-state index contributed by atoms with van der Waals surface area (Å²) in [5, 5.41) is 12.9. The molecule has 19 heavy (non-hydrogen) atoms. The van der Waals surface area contributed by atoms with Gasteiger partial charge < -0.3 is 5.11 Å². The molecule has 4 nitrogen and oxygen atoms in total. The molecule has 5 heteroatoms. The number of nitrogens with zero attached hydrogens (tertiary/aromatic N) is 2. The maximum absolute atomic E-state index is 10.6. The maximum atomic E-state index is 10.6. The lowest BCUT2D eigenvalue weighted by atomic mass is 10.1. The Hall–Kier alpha value is -1.88. The van der Waals surface area contributed by atoms with Crippen LogP contribution in [-0.4, -0.2) is 20.9 Å². The Morgan fingerprint density at radius 3 is 2.74 bits per heavy atom. The molecule has 0 bridgehead atoms. The molecule has 1 N–H and O–H groups in total. The quantitative estimate of drug-likeness (QED) is 0.881. The van der Waals surface area contributed by atoms with Gasteiger partial charge in [0, 0.05) is 6.08 Å². The Morgan fingerprint density at radius 1 is 1.42 bits per heavy atom. The second kappa shape index (κ2) is 5.84. The van der Waals surface area contributed by atoms with E-state index < -0.39 is 5.97 Å². The summed E-state index contributed by atoms with van der Waals surface area (Å²) in [6, 6.07) is 8.16. The Kier molecular flexibility index (Phi) is 4.16. The summed E-state index contributed by atoms with van der Waals surface area (Å²) in [6.45, 7) is 2.64. The highest BCUT2D eigenvalue weighted by Crippen LogP contribution is 2.19. The number of benzene rings is 1. The van der Waals surface area contributed by atoms with Gasteiger partial charge in [-0.3, -0.25) is 4.68 Å². The highest BCUT2D eigenvalue weighted by Gasteiger charge is 2.06. The summed E-state index contributed by atoms with van der Waals surface area (Å²) < 4.78 is 2.53. The summed E-state index contributed by atoms with van der Waals surface area (Å²) in [7, 11) is 0. The lowest BCUT2D eigenvalue weighted by Gasteiger charge is -2.05. The first-order valence-electron chi connectivity index (χ1n) is 5.74. The molecule has 0 fully saturated rings. The average Bonchev–Trinajstić information content (AvgIpc) is 2.70. The van der Waals surface area contributed by atoms with Gasteiger partial charge in [-0.1, -0.05) is 29.8 Å². The number of carboxylic acid groups (broad SMARTS) is 1. The molecule has 1 aromatic heterocycles. The topological polar surface area (TPSA) is 55.1 Å². The van der Waals surface area contributed by atoms with Crippen molar-refractivity contribution in [1.82, 2.24) is 9.78 Å². The molecule has 1 heterocycles. The number of hydrogen-bond acceptors (Lipinski definition) is 2. The third-order valence-electron chi connectivity index (χ3n) is 2.67. The molecule has 0 aliphatic carbocycles. The van der Waals surface area contributed by atoms with Crippen molar-refractivity contribution in [3.05, 3.63) is 57.8 Å². The largest absolute Gasteiger partial charge is 0.478 e. The fourth-order valence-electron chi connectivity index (χ4n) is 1.68. The van der Waals surface area contributed by atoms with Crippen LogP contribution < -0.4 is 0 Å². The number of aliphatic carboxylic acids is 1. The van der Waals surface area contributed by atoms with Gasteiger partial charge in [0.15, 0.2) is 0 Å². The van der Waals surface area contributed by atoms with Crippen LogP contribution in [0.25, 0.3) is 6.08 Å². The zero-order valence-electron chi connectivity index (χ0n) is 10.4. The second-order valence-corrected chi connectivity index (χ2v) is 5.05. The summed E-state index contributed by atoms with van der Waals surface area (Å²) >= 11 is 3.36. The lowest BCUT2D eigenvalue weighted by molar-refractivity contribution is -0.131. The number of rotatable bonds is 4. The second-order valence-electron chi connectivity index (χ2n) is 4.19. The van der Waals surface area contributed by atoms with Crippen molar-refractivity contribution in [3.8, 4) is 0 Å². The van der Waals surface area contributed by atoms with Crippen LogP contribution in [-0.2, 0) is 11.3 Å². The SMILES string of the molecule is Cc1ccc(Cn2ncc(Br)c2/C=C/C(=O)O)cc1. The van der Waals surface area contributed by atoms with E-state index in [-0.39, 0.29) is 0 Å². The van der Waals surface area contributed by atoms with Gasteiger partial charge in [0.05, 0.1) is 22.9 Å². The molecule has 0 atom stereocenters. The van der Waals surface area contributed by atoms with Crippen molar-refractivity contribution in [2.75, 3.05) is 0 Å². The van der Waals surface area contributed by atoms with Crippen LogP contribution in [0.15, 0.2) is 41.0 Å². The molecule has 0 aliphatic rings. The number of aromatic nitrogens is 2. The molecule has 2 aromatic rings.